The van der Waals surface area contributed by atoms with Crippen molar-refractivity contribution in [3.05, 3.63) is 59.2 Å². The highest BCUT2D eigenvalue weighted by Crippen LogP contribution is 2.39. The van der Waals surface area contributed by atoms with Crippen LogP contribution in [0.15, 0.2) is 42.5 Å². The average Bonchev–Trinajstić information content (AvgIpc) is 2.45. The molecule has 0 heterocycles. The van der Waals surface area contributed by atoms with Gasteiger partial charge in [0.25, 0.3) is 0 Å². The van der Waals surface area contributed by atoms with Gasteiger partial charge in [0.2, 0.25) is 6.29 Å². The summed E-state index contributed by atoms with van der Waals surface area (Å²) < 4.78 is 81.4. The zero-order valence-electron chi connectivity index (χ0n) is 11.1. The third-order valence-electron chi connectivity index (χ3n) is 2.79. The molecule has 0 aliphatic rings. The summed E-state index contributed by atoms with van der Waals surface area (Å²) in [6, 6.07) is 6.20. The summed E-state index contributed by atoms with van der Waals surface area (Å²) in [4.78, 5) is 10.7. The number of ether oxygens (including phenoxy) is 1. The van der Waals surface area contributed by atoms with Crippen LogP contribution in [0.5, 0.6) is 11.5 Å². The van der Waals surface area contributed by atoms with E-state index >= 15 is 0 Å². The molecule has 0 aliphatic carbocycles. The van der Waals surface area contributed by atoms with Crippen molar-refractivity contribution in [2.24, 2.45) is 0 Å². The molecule has 8 heteroatoms. The Hall–Kier alpha value is -2.51. The van der Waals surface area contributed by atoms with Gasteiger partial charge in [0.1, 0.15) is 11.5 Å². The first kappa shape index (κ1) is 16.9. The Morgan fingerprint density at radius 2 is 1.35 bits per heavy atom. The van der Waals surface area contributed by atoms with Gasteiger partial charge in [-0.15, -0.1) is 0 Å². The van der Waals surface area contributed by atoms with Crippen LogP contribution in [0.2, 0.25) is 0 Å². The molecule has 1 radical (unpaired) electrons. The zero-order chi connectivity index (χ0) is 17.3. The van der Waals surface area contributed by atoms with Gasteiger partial charge in [0, 0.05) is 0 Å². The normalized spacial score (nSPS) is 12.1. The summed E-state index contributed by atoms with van der Waals surface area (Å²) in [5.41, 5.74) is -3.14. The third kappa shape index (κ3) is 4.02. The molecule has 0 fully saturated rings. The first-order chi connectivity index (χ1) is 10.6. The summed E-state index contributed by atoms with van der Waals surface area (Å²) in [5.74, 6) is -0.884. The van der Waals surface area contributed by atoms with Crippen molar-refractivity contribution in [3.63, 3.8) is 0 Å². The molecular weight excluding hydrogens is 326 g/mol. The van der Waals surface area contributed by atoms with Crippen molar-refractivity contribution in [2.75, 3.05) is 0 Å². The summed E-state index contributed by atoms with van der Waals surface area (Å²) >= 11 is 0. The lowest BCUT2D eigenvalue weighted by Crippen LogP contribution is -2.11. The lowest BCUT2D eigenvalue weighted by atomic mass is 10.1. The van der Waals surface area contributed by atoms with Crippen molar-refractivity contribution in [3.8, 4) is 11.5 Å². The van der Waals surface area contributed by atoms with Gasteiger partial charge in [-0.2, -0.15) is 26.3 Å². The van der Waals surface area contributed by atoms with Crippen molar-refractivity contribution in [1.29, 1.82) is 0 Å². The fraction of sp³-hybridized carbons (Fsp3) is 0.133. The predicted octanol–water partition coefficient (Wildman–Crippen LogP) is 4.97. The van der Waals surface area contributed by atoms with Crippen LogP contribution in [-0.2, 0) is 17.1 Å². The Labute approximate surface area is 126 Å². The van der Waals surface area contributed by atoms with Crippen LogP contribution in [0, 0.1) is 0 Å². The number of alkyl halides is 6. The van der Waals surface area contributed by atoms with Gasteiger partial charge in [-0.1, -0.05) is 12.1 Å². The van der Waals surface area contributed by atoms with Crippen LogP contribution < -0.4 is 4.74 Å². The second kappa shape index (κ2) is 5.94. The van der Waals surface area contributed by atoms with Crippen LogP contribution in [0.1, 0.15) is 16.7 Å². The quantitative estimate of drug-likeness (QED) is 0.741. The number of hydrogen-bond acceptors (Lipinski definition) is 2. The van der Waals surface area contributed by atoms with Crippen LogP contribution in [0.3, 0.4) is 0 Å². The molecule has 0 saturated heterocycles. The Bertz CT molecular complexity index is 686. The zero-order valence-corrected chi connectivity index (χ0v) is 11.1. The van der Waals surface area contributed by atoms with Crippen LogP contribution >= 0.6 is 0 Å². The standard InChI is InChI=1S/C15H7F6O2/c16-14(17,18)10-5-11(15(19,20)21)7-12(6-10)23-13-4-2-1-3-9(13)8-22/h1-7H. The highest BCUT2D eigenvalue weighted by Gasteiger charge is 2.37. The minimum Gasteiger partial charge on any atom is -0.457 e. The molecule has 23 heavy (non-hydrogen) atoms. The molecule has 0 unspecified atom stereocenters. The predicted molar refractivity (Wildman–Crippen MR) is 67.8 cm³/mol. The molecule has 2 nitrogen and oxygen atoms in total. The molecule has 0 bridgehead atoms. The number of benzene rings is 2. The van der Waals surface area contributed by atoms with Crippen LogP contribution in [0.25, 0.3) is 0 Å². The average molecular weight is 333 g/mol. The van der Waals surface area contributed by atoms with Crippen molar-refractivity contribution in [1.82, 2.24) is 0 Å². The minimum absolute atomic E-state index is 0.00931. The first-order valence-corrected chi connectivity index (χ1v) is 6.06. The van der Waals surface area contributed by atoms with Gasteiger partial charge in [0.15, 0.2) is 0 Å². The van der Waals surface area contributed by atoms with E-state index in [0.29, 0.717) is 12.1 Å². The van der Waals surface area contributed by atoms with Crippen LogP contribution in [0.4, 0.5) is 26.3 Å². The van der Waals surface area contributed by atoms with E-state index in [2.05, 4.69) is 0 Å². The molecule has 2 rings (SSSR count). The van der Waals surface area contributed by atoms with Crippen LogP contribution in [-0.4, -0.2) is 6.29 Å². The maximum atomic E-state index is 12.7. The molecule has 0 saturated carbocycles. The molecule has 121 valence electrons. The number of carbonyl (C=O) groups excluding carboxylic acids is 1. The lowest BCUT2D eigenvalue weighted by Gasteiger charge is -2.15. The Kier molecular flexibility index (Phi) is 4.35. The topological polar surface area (TPSA) is 26.3 Å². The highest BCUT2D eigenvalue weighted by atomic mass is 19.4. The summed E-state index contributed by atoms with van der Waals surface area (Å²) in [6.07, 6.45) is -8.47. The number of hydrogen-bond donors (Lipinski definition) is 0. The van der Waals surface area contributed by atoms with Gasteiger partial charge in [-0.05, 0) is 30.3 Å². The van der Waals surface area contributed by atoms with E-state index in [0.717, 1.165) is 0 Å². The third-order valence-corrected chi connectivity index (χ3v) is 2.79. The van der Waals surface area contributed by atoms with Gasteiger partial charge in [0.05, 0.1) is 16.7 Å². The largest absolute Gasteiger partial charge is 0.457 e. The molecule has 2 aromatic rings. The van der Waals surface area contributed by atoms with Gasteiger partial charge >= 0.3 is 12.4 Å². The second-order valence-electron chi connectivity index (χ2n) is 4.44. The van der Waals surface area contributed by atoms with E-state index in [4.69, 9.17) is 4.74 Å². The van der Waals surface area contributed by atoms with Crippen molar-refractivity contribution < 1.29 is 35.9 Å². The molecule has 0 aliphatic heterocycles. The van der Waals surface area contributed by atoms with E-state index in [9.17, 15) is 31.1 Å². The fourth-order valence-electron chi connectivity index (χ4n) is 1.75. The molecule has 0 aromatic heterocycles. The molecule has 0 amide bonds. The summed E-state index contributed by atoms with van der Waals surface area (Å²) in [5, 5.41) is 0. The monoisotopic (exact) mass is 333 g/mol. The van der Waals surface area contributed by atoms with E-state index < -0.39 is 29.2 Å². The molecule has 0 N–H and O–H groups in total. The smallest absolute Gasteiger partial charge is 0.416 e. The molecular formula is C15H7F6O2. The van der Waals surface area contributed by atoms with E-state index in [1.54, 1.807) is 0 Å². The Balaban J connectivity index is 2.51. The van der Waals surface area contributed by atoms with E-state index in [1.807, 2.05) is 0 Å². The SMILES string of the molecule is O=[C]c1ccccc1Oc1cc(C(F)(F)F)cc(C(F)(F)F)c1. The number of para-hydroxylation sites is 1. The molecule has 0 atom stereocenters. The first-order valence-electron chi connectivity index (χ1n) is 6.06. The lowest BCUT2D eigenvalue weighted by molar-refractivity contribution is -0.143. The number of rotatable bonds is 3. The maximum absolute atomic E-state index is 12.7. The number of halogens is 6. The maximum Gasteiger partial charge on any atom is 0.416 e. The molecule has 2 aromatic carbocycles. The fourth-order valence-corrected chi connectivity index (χ4v) is 1.75. The van der Waals surface area contributed by atoms with Crippen molar-refractivity contribution >= 4 is 6.29 Å². The van der Waals surface area contributed by atoms with Gasteiger partial charge < -0.3 is 4.74 Å². The minimum atomic E-state index is -4.98. The molecule has 0 spiro atoms. The van der Waals surface area contributed by atoms with Crippen molar-refractivity contribution in [2.45, 2.75) is 12.4 Å². The van der Waals surface area contributed by atoms with Gasteiger partial charge in [-0.3, -0.25) is 4.79 Å². The van der Waals surface area contributed by atoms with Gasteiger partial charge in [-0.25, -0.2) is 0 Å². The Morgan fingerprint density at radius 3 is 1.83 bits per heavy atom. The highest BCUT2D eigenvalue weighted by molar-refractivity contribution is 5.79. The summed E-state index contributed by atoms with van der Waals surface area (Å²) in [6.45, 7) is 0. The van der Waals surface area contributed by atoms with E-state index in [-0.39, 0.29) is 17.4 Å². The van der Waals surface area contributed by atoms with E-state index in [1.165, 1.54) is 30.6 Å². The second-order valence-corrected chi connectivity index (χ2v) is 4.44. The Morgan fingerprint density at radius 1 is 0.826 bits per heavy atom. The summed E-state index contributed by atoms with van der Waals surface area (Å²) in [7, 11) is 0.